The molecule has 2 nitrogen and oxygen atoms in total. The van der Waals surface area contributed by atoms with E-state index in [4.69, 9.17) is 5.73 Å². The number of nitrogens with two attached hydrogens (primary N) is 1. The Balaban J connectivity index is 0.00000180. The second-order valence-electron chi connectivity index (χ2n) is 4.61. The number of hydrogen-bond donors (Lipinski definition) is 2. The van der Waals surface area contributed by atoms with E-state index in [1.807, 2.05) is 0 Å². The Bertz CT molecular complexity index is 463. The van der Waals surface area contributed by atoms with E-state index in [1.165, 1.54) is 6.07 Å². The molecule has 1 fully saturated rings. The second kappa shape index (κ2) is 5.89. The van der Waals surface area contributed by atoms with Crippen molar-refractivity contribution in [2.24, 2.45) is 11.7 Å². The number of hydrogen-bond acceptors (Lipinski definition) is 2. The quantitative estimate of drug-likeness (QED) is 0.821. The molecule has 1 aliphatic carbocycles. The molecular formula is C12H14BrClF3NO. The summed E-state index contributed by atoms with van der Waals surface area (Å²) in [6.07, 6.45) is -1.75. The number of alkyl halides is 3. The molecule has 0 heterocycles. The Morgan fingerprint density at radius 1 is 1.32 bits per heavy atom. The summed E-state index contributed by atoms with van der Waals surface area (Å²) in [5, 5.41) is 9.77. The lowest BCUT2D eigenvalue weighted by molar-refractivity contribution is -0.138. The fourth-order valence-electron chi connectivity index (χ4n) is 2.14. The lowest BCUT2D eigenvalue weighted by Crippen LogP contribution is -2.27. The first-order chi connectivity index (χ1) is 8.30. The van der Waals surface area contributed by atoms with Crippen molar-refractivity contribution in [2.75, 3.05) is 0 Å². The van der Waals surface area contributed by atoms with E-state index in [0.717, 1.165) is 25.3 Å². The lowest BCUT2D eigenvalue weighted by atomic mass is 9.77. The van der Waals surface area contributed by atoms with Gasteiger partial charge in [0.2, 0.25) is 0 Å². The normalized spacial score (nSPS) is 17.5. The van der Waals surface area contributed by atoms with Gasteiger partial charge in [-0.15, -0.1) is 12.4 Å². The summed E-state index contributed by atoms with van der Waals surface area (Å²) >= 11 is 3.03. The summed E-state index contributed by atoms with van der Waals surface area (Å²) in [6.45, 7) is 0. The SMILES string of the molecule is Cl.N[C@H](c1cc(Br)cc(C(F)(F)F)c1O)C1CCC1. The summed E-state index contributed by atoms with van der Waals surface area (Å²) in [6, 6.07) is 1.79. The minimum Gasteiger partial charge on any atom is -0.507 e. The van der Waals surface area contributed by atoms with Crippen molar-refractivity contribution in [3.05, 3.63) is 27.7 Å². The van der Waals surface area contributed by atoms with E-state index < -0.39 is 23.5 Å². The molecule has 0 aliphatic heterocycles. The predicted molar refractivity (Wildman–Crippen MR) is 72.3 cm³/mol. The zero-order valence-electron chi connectivity index (χ0n) is 9.88. The van der Waals surface area contributed by atoms with E-state index in [-0.39, 0.29) is 28.4 Å². The third-order valence-electron chi connectivity index (χ3n) is 3.43. The number of phenolic OH excluding ortho intramolecular Hbond substituents is 1. The van der Waals surface area contributed by atoms with Crippen LogP contribution in [0.4, 0.5) is 13.2 Å². The van der Waals surface area contributed by atoms with Crippen LogP contribution in [0.5, 0.6) is 5.75 Å². The molecule has 0 saturated heterocycles. The minimum absolute atomic E-state index is 0. The van der Waals surface area contributed by atoms with Crippen LogP contribution >= 0.6 is 28.3 Å². The van der Waals surface area contributed by atoms with Gasteiger partial charge in [-0.3, -0.25) is 0 Å². The molecule has 1 aromatic rings. The van der Waals surface area contributed by atoms with Crippen molar-refractivity contribution >= 4 is 28.3 Å². The van der Waals surface area contributed by atoms with E-state index in [1.54, 1.807) is 0 Å². The highest BCUT2D eigenvalue weighted by Gasteiger charge is 2.37. The maximum Gasteiger partial charge on any atom is 0.420 e. The fourth-order valence-corrected chi connectivity index (χ4v) is 2.62. The molecule has 0 unspecified atom stereocenters. The second-order valence-corrected chi connectivity index (χ2v) is 5.52. The molecule has 19 heavy (non-hydrogen) atoms. The van der Waals surface area contributed by atoms with Gasteiger partial charge < -0.3 is 10.8 Å². The number of halogens is 5. The molecule has 0 amide bonds. The van der Waals surface area contributed by atoms with Crippen molar-refractivity contribution in [3.8, 4) is 5.75 Å². The maximum absolute atomic E-state index is 12.7. The first-order valence-electron chi connectivity index (χ1n) is 5.66. The molecular weight excluding hydrogens is 346 g/mol. The van der Waals surface area contributed by atoms with Crippen molar-refractivity contribution < 1.29 is 18.3 Å². The minimum atomic E-state index is -4.58. The average Bonchev–Trinajstić information content (AvgIpc) is 2.16. The number of aromatic hydroxyl groups is 1. The van der Waals surface area contributed by atoms with Crippen LogP contribution in [0.1, 0.15) is 36.4 Å². The molecule has 1 aliphatic rings. The van der Waals surface area contributed by atoms with Crippen molar-refractivity contribution in [2.45, 2.75) is 31.5 Å². The highest BCUT2D eigenvalue weighted by atomic mass is 79.9. The molecule has 1 aromatic carbocycles. The van der Waals surface area contributed by atoms with Crippen LogP contribution in [-0.2, 0) is 6.18 Å². The number of phenols is 1. The van der Waals surface area contributed by atoms with Crippen molar-refractivity contribution in [1.29, 1.82) is 0 Å². The molecule has 0 spiro atoms. The molecule has 0 bridgehead atoms. The number of benzene rings is 1. The summed E-state index contributed by atoms with van der Waals surface area (Å²) in [5.74, 6) is -0.587. The van der Waals surface area contributed by atoms with Gasteiger partial charge in [0.1, 0.15) is 5.75 Å². The van der Waals surface area contributed by atoms with Crippen LogP contribution in [0.15, 0.2) is 16.6 Å². The Labute approximate surface area is 123 Å². The molecule has 2 rings (SSSR count). The van der Waals surface area contributed by atoms with Gasteiger partial charge in [0.15, 0.2) is 0 Å². The highest BCUT2D eigenvalue weighted by Crippen LogP contribution is 2.45. The fraction of sp³-hybridized carbons (Fsp3) is 0.500. The summed E-state index contributed by atoms with van der Waals surface area (Å²) in [7, 11) is 0. The molecule has 108 valence electrons. The monoisotopic (exact) mass is 359 g/mol. The third-order valence-corrected chi connectivity index (χ3v) is 3.88. The highest BCUT2D eigenvalue weighted by molar-refractivity contribution is 9.10. The van der Waals surface area contributed by atoms with Crippen molar-refractivity contribution in [1.82, 2.24) is 0 Å². The molecule has 1 atom stereocenters. The van der Waals surface area contributed by atoms with Crippen LogP contribution < -0.4 is 5.73 Å². The standard InChI is InChI=1S/C12H13BrF3NO.ClH/c13-7-4-8(10(17)6-2-1-3-6)11(18)9(5-7)12(14,15)16;/h4-6,10,18H,1-3,17H2;1H/t10-;/m0./s1. The van der Waals surface area contributed by atoms with Gasteiger partial charge in [-0.2, -0.15) is 13.2 Å². The molecule has 1 saturated carbocycles. The van der Waals surface area contributed by atoms with Crippen LogP contribution in [0.2, 0.25) is 0 Å². The summed E-state index contributed by atoms with van der Waals surface area (Å²) in [5.41, 5.74) is 5.06. The van der Waals surface area contributed by atoms with Gasteiger partial charge in [0.05, 0.1) is 5.56 Å². The molecule has 0 radical (unpaired) electrons. The summed E-state index contributed by atoms with van der Waals surface area (Å²) < 4.78 is 38.5. The smallest absolute Gasteiger partial charge is 0.420 e. The first kappa shape index (κ1) is 16.6. The molecule has 3 N–H and O–H groups in total. The summed E-state index contributed by atoms with van der Waals surface area (Å²) in [4.78, 5) is 0. The van der Waals surface area contributed by atoms with E-state index in [0.29, 0.717) is 0 Å². The van der Waals surface area contributed by atoms with E-state index in [2.05, 4.69) is 15.9 Å². The van der Waals surface area contributed by atoms with E-state index in [9.17, 15) is 18.3 Å². The van der Waals surface area contributed by atoms with Gasteiger partial charge in [-0.05, 0) is 30.9 Å². The van der Waals surface area contributed by atoms with Crippen LogP contribution in [0, 0.1) is 5.92 Å². The lowest BCUT2D eigenvalue weighted by Gasteiger charge is -2.32. The van der Waals surface area contributed by atoms with E-state index >= 15 is 0 Å². The topological polar surface area (TPSA) is 46.2 Å². The van der Waals surface area contributed by atoms with Crippen molar-refractivity contribution in [3.63, 3.8) is 0 Å². The van der Waals surface area contributed by atoms with Gasteiger partial charge in [0, 0.05) is 16.1 Å². The zero-order valence-corrected chi connectivity index (χ0v) is 12.3. The maximum atomic E-state index is 12.7. The predicted octanol–water partition coefficient (Wildman–Crippen LogP) is 4.40. The van der Waals surface area contributed by atoms with Gasteiger partial charge in [-0.25, -0.2) is 0 Å². The van der Waals surface area contributed by atoms with Gasteiger partial charge in [0.25, 0.3) is 0 Å². The molecule has 7 heteroatoms. The van der Waals surface area contributed by atoms with Gasteiger partial charge >= 0.3 is 6.18 Å². The van der Waals surface area contributed by atoms with Crippen LogP contribution in [0.25, 0.3) is 0 Å². The first-order valence-corrected chi connectivity index (χ1v) is 6.45. The average molecular weight is 361 g/mol. The largest absolute Gasteiger partial charge is 0.507 e. The number of rotatable bonds is 2. The Hall–Kier alpha value is -0.460. The zero-order chi connectivity index (χ0) is 13.5. The Morgan fingerprint density at radius 2 is 1.89 bits per heavy atom. The van der Waals surface area contributed by atoms with Gasteiger partial charge in [-0.1, -0.05) is 22.4 Å². The third kappa shape index (κ3) is 3.35. The van der Waals surface area contributed by atoms with Crippen LogP contribution in [0.3, 0.4) is 0 Å². The Morgan fingerprint density at radius 3 is 2.32 bits per heavy atom. The Kier molecular flexibility index (Phi) is 5.15. The van der Waals surface area contributed by atoms with Crippen LogP contribution in [-0.4, -0.2) is 5.11 Å². The molecule has 0 aromatic heterocycles.